The van der Waals surface area contributed by atoms with Gasteiger partial charge in [0.25, 0.3) is 5.56 Å². The second-order valence-corrected chi connectivity index (χ2v) is 5.64. The number of carbonyl (C=O) groups is 1. The van der Waals surface area contributed by atoms with E-state index in [0.717, 1.165) is 31.5 Å². The standard InChI is InChI=1S/C14H23N3O3S/c1-4-6-10-8-12(18)17-14(16-10)21-9-11(13(19)20-3)15-7-5-2/h8,11,15H,4-7,9H2,1-3H3,(H,16,17,18). The summed E-state index contributed by atoms with van der Waals surface area (Å²) in [5.41, 5.74) is 0.618. The average Bonchev–Trinajstić information content (AvgIpc) is 2.46. The molecule has 0 spiro atoms. The van der Waals surface area contributed by atoms with Gasteiger partial charge < -0.3 is 15.0 Å². The second-order valence-electron chi connectivity index (χ2n) is 4.63. The van der Waals surface area contributed by atoms with Crippen molar-refractivity contribution in [2.24, 2.45) is 0 Å². The van der Waals surface area contributed by atoms with Crippen LogP contribution in [0.3, 0.4) is 0 Å². The molecule has 0 amide bonds. The number of hydrogen-bond acceptors (Lipinski definition) is 6. The van der Waals surface area contributed by atoms with Crippen LogP contribution in [0.5, 0.6) is 0 Å². The summed E-state index contributed by atoms with van der Waals surface area (Å²) in [5, 5.41) is 3.67. The minimum atomic E-state index is -0.403. The quantitative estimate of drug-likeness (QED) is 0.407. The van der Waals surface area contributed by atoms with Crippen LogP contribution in [0, 0.1) is 0 Å². The fourth-order valence-electron chi connectivity index (χ4n) is 1.77. The van der Waals surface area contributed by atoms with E-state index < -0.39 is 6.04 Å². The summed E-state index contributed by atoms with van der Waals surface area (Å²) in [4.78, 5) is 30.3. The molecule has 21 heavy (non-hydrogen) atoms. The van der Waals surface area contributed by atoms with E-state index in [-0.39, 0.29) is 11.5 Å². The number of esters is 1. The highest BCUT2D eigenvalue weighted by molar-refractivity contribution is 7.99. The Morgan fingerprint density at radius 3 is 2.86 bits per heavy atom. The molecule has 0 aliphatic heterocycles. The molecular weight excluding hydrogens is 290 g/mol. The summed E-state index contributed by atoms with van der Waals surface area (Å²) in [6.45, 7) is 4.81. The first-order valence-corrected chi connectivity index (χ1v) is 8.13. The monoisotopic (exact) mass is 313 g/mol. The summed E-state index contributed by atoms with van der Waals surface area (Å²) in [5.74, 6) is 0.161. The first-order valence-electron chi connectivity index (χ1n) is 7.14. The van der Waals surface area contributed by atoms with Gasteiger partial charge in [-0.25, -0.2) is 4.98 Å². The van der Waals surface area contributed by atoms with Gasteiger partial charge in [0.05, 0.1) is 7.11 Å². The van der Waals surface area contributed by atoms with Gasteiger partial charge in [0.15, 0.2) is 5.16 Å². The summed E-state index contributed by atoms with van der Waals surface area (Å²) < 4.78 is 4.78. The van der Waals surface area contributed by atoms with Crippen molar-refractivity contribution >= 4 is 17.7 Å². The Bertz CT molecular complexity index is 504. The third kappa shape index (κ3) is 6.31. The number of nitrogens with one attached hydrogen (secondary N) is 2. The van der Waals surface area contributed by atoms with Gasteiger partial charge in [-0.3, -0.25) is 9.59 Å². The predicted molar refractivity (Wildman–Crippen MR) is 83.7 cm³/mol. The van der Waals surface area contributed by atoms with Gasteiger partial charge >= 0.3 is 5.97 Å². The van der Waals surface area contributed by atoms with Gasteiger partial charge in [0, 0.05) is 17.5 Å². The first kappa shape index (κ1) is 17.7. The minimum Gasteiger partial charge on any atom is -0.468 e. The van der Waals surface area contributed by atoms with E-state index in [0.29, 0.717) is 10.9 Å². The predicted octanol–water partition coefficient (Wildman–Crippen LogP) is 1.36. The van der Waals surface area contributed by atoms with E-state index in [4.69, 9.17) is 4.74 Å². The van der Waals surface area contributed by atoms with Crippen LogP contribution in [-0.4, -0.2) is 41.4 Å². The van der Waals surface area contributed by atoms with Crippen molar-refractivity contribution in [3.63, 3.8) is 0 Å². The van der Waals surface area contributed by atoms with Crippen LogP contribution < -0.4 is 10.9 Å². The molecule has 6 nitrogen and oxygen atoms in total. The molecule has 0 aliphatic carbocycles. The first-order chi connectivity index (χ1) is 10.1. The van der Waals surface area contributed by atoms with E-state index >= 15 is 0 Å². The van der Waals surface area contributed by atoms with Crippen LogP contribution in [-0.2, 0) is 16.0 Å². The minimum absolute atomic E-state index is 0.160. The molecule has 0 saturated carbocycles. The van der Waals surface area contributed by atoms with Crippen LogP contribution in [0.2, 0.25) is 0 Å². The molecule has 1 aromatic rings. The van der Waals surface area contributed by atoms with Crippen molar-refractivity contribution < 1.29 is 9.53 Å². The Hall–Kier alpha value is -1.34. The van der Waals surface area contributed by atoms with E-state index in [9.17, 15) is 9.59 Å². The van der Waals surface area contributed by atoms with Gasteiger partial charge in [0.1, 0.15) is 6.04 Å². The molecule has 1 atom stereocenters. The van der Waals surface area contributed by atoms with Crippen molar-refractivity contribution in [3.8, 4) is 0 Å². The van der Waals surface area contributed by atoms with Crippen LogP contribution in [0.25, 0.3) is 0 Å². The molecule has 0 aromatic carbocycles. The van der Waals surface area contributed by atoms with Crippen molar-refractivity contribution in [2.45, 2.75) is 44.3 Å². The van der Waals surface area contributed by atoms with Gasteiger partial charge in [0.2, 0.25) is 0 Å². The van der Waals surface area contributed by atoms with E-state index in [1.165, 1.54) is 24.9 Å². The third-order valence-electron chi connectivity index (χ3n) is 2.79. The lowest BCUT2D eigenvalue weighted by atomic mass is 10.2. The van der Waals surface area contributed by atoms with Gasteiger partial charge in [-0.2, -0.15) is 0 Å². The molecular formula is C14H23N3O3S. The van der Waals surface area contributed by atoms with Crippen molar-refractivity contribution in [1.82, 2.24) is 15.3 Å². The second kappa shape index (κ2) is 9.57. The lowest BCUT2D eigenvalue weighted by Crippen LogP contribution is -2.40. The highest BCUT2D eigenvalue weighted by Crippen LogP contribution is 2.14. The zero-order chi connectivity index (χ0) is 15.7. The average molecular weight is 313 g/mol. The Balaban J connectivity index is 2.70. The number of H-pyrrole nitrogens is 1. The molecule has 118 valence electrons. The largest absolute Gasteiger partial charge is 0.468 e. The van der Waals surface area contributed by atoms with Gasteiger partial charge in [-0.05, 0) is 19.4 Å². The molecule has 0 bridgehead atoms. The normalized spacial score (nSPS) is 12.1. The van der Waals surface area contributed by atoms with E-state index in [2.05, 4.69) is 15.3 Å². The number of ether oxygens (including phenoxy) is 1. The summed E-state index contributed by atoms with van der Waals surface area (Å²) in [7, 11) is 1.37. The maximum Gasteiger partial charge on any atom is 0.323 e. The fourth-order valence-corrected chi connectivity index (χ4v) is 2.70. The Morgan fingerprint density at radius 1 is 1.48 bits per heavy atom. The van der Waals surface area contributed by atoms with Crippen molar-refractivity contribution in [1.29, 1.82) is 0 Å². The van der Waals surface area contributed by atoms with Crippen LogP contribution in [0.15, 0.2) is 16.0 Å². The number of methoxy groups -OCH3 is 1. The number of rotatable bonds is 9. The van der Waals surface area contributed by atoms with Gasteiger partial charge in [-0.1, -0.05) is 32.0 Å². The molecule has 0 fully saturated rings. The van der Waals surface area contributed by atoms with E-state index in [1.54, 1.807) is 0 Å². The van der Waals surface area contributed by atoms with Crippen molar-refractivity contribution in [3.05, 3.63) is 22.1 Å². The van der Waals surface area contributed by atoms with Crippen LogP contribution in [0.4, 0.5) is 0 Å². The number of aryl methyl sites for hydroxylation is 1. The lowest BCUT2D eigenvalue weighted by Gasteiger charge is -2.15. The molecule has 0 aliphatic rings. The molecule has 7 heteroatoms. The highest BCUT2D eigenvalue weighted by Gasteiger charge is 2.19. The maximum absolute atomic E-state index is 11.7. The molecule has 0 saturated heterocycles. The number of nitrogens with zero attached hydrogens (tertiary/aromatic N) is 1. The zero-order valence-electron chi connectivity index (χ0n) is 12.8. The molecule has 1 rings (SSSR count). The fraction of sp³-hybridized carbons (Fsp3) is 0.643. The molecule has 1 unspecified atom stereocenters. The number of carbonyl (C=O) groups excluding carboxylic acids is 1. The number of aromatic nitrogens is 2. The van der Waals surface area contributed by atoms with Crippen LogP contribution in [0.1, 0.15) is 32.4 Å². The molecule has 0 radical (unpaired) electrons. The number of hydrogen-bond donors (Lipinski definition) is 2. The molecule has 2 N–H and O–H groups in total. The van der Waals surface area contributed by atoms with Crippen molar-refractivity contribution in [2.75, 3.05) is 19.4 Å². The third-order valence-corrected chi connectivity index (χ3v) is 3.76. The smallest absolute Gasteiger partial charge is 0.323 e. The zero-order valence-corrected chi connectivity index (χ0v) is 13.6. The summed E-state index contributed by atoms with van der Waals surface area (Å²) in [6.07, 6.45) is 2.63. The van der Waals surface area contributed by atoms with E-state index in [1.807, 2.05) is 13.8 Å². The molecule has 1 heterocycles. The number of aromatic amines is 1. The summed E-state index contributed by atoms with van der Waals surface area (Å²) in [6, 6.07) is 1.11. The Labute approximate surface area is 129 Å². The molecule has 1 aromatic heterocycles. The number of thioether (sulfide) groups is 1. The maximum atomic E-state index is 11.7. The van der Waals surface area contributed by atoms with Crippen LogP contribution >= 0.6 is 11.8 Å². The van der Waals surface area contributed by atoms with Gasteiger partial charge in [-0.15, -0.1) is 0 Å². The topological polar surface area (TPSA) is 84.1 Å². The lowest BCUT2D eigenvalue weighted by molar-refractivity contribution is -0.142. The highest BCUT2D eigenvalue weighted by atomic mass is 32.2. The SMILES string of the molecule is CCCNC(CSc1nc(CCC)cc(=O)[nH]1)C(=O)OC. The Morgan fingerprint density at radius 2 is 2.24 bits per heavy atom. The Kier molecular flexibility index (Phi) is 8.07. The summed E-state index contributed by atoms with van der Waals surface area (Å²) >= 11 is 1.35.